The number of hydrogen-bond donors (Lipinski definition) is 12. The molecule has 0 saturated carbocycles. The van der Waals surface area contributed by atoms with Crippen LogP contribution < -0.4 is 21.3 Å². The monoisotopic (exact) mass is 1490 g/mol. The van der Waals surface area contributed by atoms with Crippen LogP contribution in [-0.2, 0) is 9.59 Å². The van der Waals surface area contributed by atoms with Gasteiger partial charge in [0.1, 0.15) is 0 Å². The van der Waals surface area contributed by atoms with E-state index in [1.165, 1.54) is 9.80 Å². The maximum absolute atomic E-state index is 14.3. The van der Waals surface area contributed by atoms with Gasteiger partial charge in [0, 0.05) is 46.4 Å². The zero-order chi connectivity index (χ0) is 43.8. The molecule has 1 saturated heterocycles. The molecular weight excluding hydrogens is 1450 g/mol. The molecule has 1 fully saturated rings. The number of carbonyl (C=O) groups excluding carboxylic acids is 6. The van der Waals surface area contributed by atoms with Gasteiger partial charge in [-0.15, -0.1) is 0 Å². The Morgan fingerprint density at radius 3 is 1.05 bits per heavy atom. The zero-order valence-electron chi connectivity index (χ0n) is 29.6. The Morgan fingerprint density at radius 1 is 0.483 bits per heavy atom. The second kappa shape index (κ2) is 23.7. The van der Waals surface area contributed by atoms with E-state index in [-0.39, 0.29) is 94.3 Å². The summed E-state index contributed by atoms with van der Waals surface area (Å²) in [5.41, 5.74) is -0.130. The minimum atomic E-state index is -1.82. The molecule has 20 nitrogen and oxygen atoms in total. The van der Waals surface area contributed by atoms with Crippen molar-refractivity contribution in [1.82, 2.24) is 20.4 Å². The molecule has 58 heavy (non-hydrogen) atoms. The third kappa shape index (κ3) is 12.3. The molecule has 0 aromatic heterocycles. The SMILES string of the molecule is O=C(NCC(O)CO)c1c(I)c(NC(=O)C(O)CO)c(I)c(C(=O)N2CCN(C(=O)c3c(I)c(NC(=O)C(O)CO)c(I)c(C(=O)NCC(O)CO)c3I)CC2)c1I. The second-order valence-electron chi connectivity index (χ2n) is 12.2. The van der Waals surface area contributed by atoms with E-state index in [4.69, 9.17) is 0 Å². The first-order chi connectivity index (χ1) is 27.3. The number of nitrogens with one attached hydrogen (secondary N) is 4. The van der Waals surface area contributed by atoms with Crippen molar-refractivity contribution in [3.05, 3.63) is 43.7 Å². The standard InChI is InChI=1S/C32H36I6N6O14/c33-19-15(29(55)39-5-11(49)7-45)21(35)25(41-27(53)13(51)9-47)23(37)17(19)31(57)43-1-2-44(4-3-43)32(58)18-20(34)16(30(56)40-6-12(50)8-46)22(36)26(24(18)38)42-28(54)14(52)10-48/h11-14,45-52H,1-10H2,(H,39,55)(H,40,56)(H,41,53)(H,42,54). The van der Waals surface area contributed by atoms with Crippen molar-refractivity contribution in [2.75, 3.05) is 76.3 Å². The highest BCUT2D eigenvalue weighted by molar-refractivity contribution is 14.1. The lowest BCUT2D eigenvalue weighted by Crippen LogP contribution is -2.51. The van der Waals surface area contributed by atoms with Crippen molar-refractivity contribution in [1.29, 1.82) is 0 Å². The number of piperazine rings is 1. The third-order valence-electron chi connectivity index (χ3n) is 8.24. The summed E-state index contributed by atoms with van der Waals surface area (Å²) in [6.07, 6.45) is -6.22. The summed E-state index contributed by atoms with van der Waals surface area (Å²) in [5.74, 6) is -4.70. The van der Waals surface area contributed by atoms with Gasteiger partial charge >= 0.3 is 0 Å². The summed E-state index contributed by atoms with van der Waals surface area (Å²) in [6.45, 7) is -3.90. The van der Waals surface area contributed by atoms with E-state index in [0.29, 0.717) is 0 Å². The van der Waals surface area contributed by atoms with Gasteiger partial charge in [-0.3, -0.25) is 28.8 Å². The highest BCUT2D eigenvalue weighted by Crippen LogP contribution is 2.38. The van der Waals surface area contributed by atoms with E-state index in [9.17, 15) is 69.6 Å². The molecule has 4 atom stereocenters. The van der Waals surface area contributed by atoms with Gasteiger partial charge in [0.05, 0.1) is 86.5 Å². The van der Waals surface area contributed by atoms with Gasteiger partial charge < -0.3 is 71.9 Å². The number of amides is 6. The molecule has 2 aromatic carbocycles. The fourth-order valence-corrected chi connectivity index (χ4v) is 13.8. The molecule has 12 N–H and O–H groups in total. The maximum Gasteiger partial charge on any atom is 0.256 e. The number of aliphatic hydroxyl groups excluding tert-OH is 8. The zero-order valence-corrected chi connectivity index (χ0v) is 42.5. The maximum atomic E-state index is 14.3. The van der Waals surface area contributed by atoms with E-state index >= 15 is 0 Å². The number of nitrogens with zero attached hydrogens (tertiary/aromatic N) is 2. The number of benzene rings is 2. The van der Waals surface area contributed by atoms with Gasteiger partial charge in [-0.1, -0.05) is 0 Å². The number of carbonyl (C=O) groups is 6. The normalized spacial score (nSPS) is 14.9. The van der Waals surface area contributed by atoms with Crippen LogP contribution in [0, 0.1) is 21.4 Å². The van der Waals surface area contributed by atoms with Crippen LogP contribution in [0.15, 0.2) is 0 Å². The first kappa shape index (κ1) is 51.7. The van der Waals surface area contributed by atoms with Crippen molar-refractivity contribution < 1.29 is 69.6 Å². The summed E-state index contributed by atoms with van der Waals surface area (Å²) in [6, 6.07) is 0. The van der Waals surface area contributed by atoms with Gasteiger partial charge in [-0.05, 0) is 136 Å². The Kier molecular flexibility index (Phi) is 21.1. The summed E-state index contributed by atoms with van der Waals surface area (Å²) in [7, 11) is 0. The van der Waals surface area contributed by atoms with Crippen LogP contribution in [0.1, 0.15) is 41.4 Å². The second-order valence-corrected chi connectivity index (χ2v) is 18.7. The van der Waals surface area contributed by atoms with Crippen molar-refractivity contribution in [2.45, 2.75) is 24.4 Å². The molecule has 2 aromatic rings. The largest absolute Gasteiger partial charge is 0.394 e. The van der Waals surface area contributed by atoms with Crippen LogP contribution in [0.2, 0.25) is 0 Å². The molecule has 1 aliphatic heterocycles. The van der Waals surface area contributed by atoms with Crippen LogP contribution in [0.3, 0.4) is 0 Å². The molecule has 6 amide bonds. The Balaban J connectivity index is 2.03. The number of hydrogen-bond acceptors (Lipinski definition) is 14. The van der Waals surface area contributed by atoms with Crippen LogP contribution in [0.4, 0.5) is 11.4 Å². The van der Waals surface area contributed by atoms with Gasteiger partial charge in [0.2, 0.25) is 0 Å². The van der Waals surface area contributed by atoms with Gasteiger partial charge in [-0.2, -0.15) is 0 Å². The van der Waals surface area contributed by atoms with Gasteiger partial charge in [0.25, 0.3) is 35.4 Å². The molecule has 3 rings (SSSR count). The van der Waals surface area contributed by atoms with Gasteiger partial charge in [0.15, 0.2) is 12.2 Å². The fraction of sp³-hybridized carbons (Fsp3) is 0.438. The fourth-order valence-electron chi connectivity index (χ4n) is 5.06. The minimum Gasteiger partial charge on any atom is -0.394 e. The van der Waals surface area contributed by atoms with Crippen LogP contribution >= 0.6 is 136 Å². The number of rotatable bonds is 16. The molecule has 0 bridgehead atoms. The van der Waals surface area contributed by atoms with Crippen molar-refractivity contribution in [2.24, 2.45) is 0 Å². The molecule has 1 aliphatic rings. The molecule has 4 unspecified atom stereocenters. The smallest absolute Gasteiger partial charge is 0.256 e. The number of anilines is 2. The summed E-state index contributed by atoms with van der Waals surface area (Å²) in [5, 5.41) is 86.5. The summed E-state index contributed by atoms with van der Waals surface area (Å²) in [4.78, 5) is 83.6. The van der Waals surface area contributed by atoms with Crippen molar-refractivity contribution >= 4 is 182 Å². The first-order valence-corrected chi connectivity index (χ1v) is 23.1. The summed E-state index contributed by atoms with van der Waals surface area (Å²) >= 11 is 10.8. The molecule has 0 radical (unpaired) electrons. The molecular formula is C32H36I6N6O14. The highest BCUT2D eigenvalue weighted by Gasteiger charge is 2.36. The lowest BCUT2D eigenvalue weighted by Gasteiger charge is -2.36. The average molecular weight is 1490 g/mol. The quantitative estimate of drug-likeness (QED) is 0.0867. The Bertz CT molecular complexity index is 1800. The Labute approximate surface area is 411 Å². The van der Waals surface area contributed by atoms with Crippen molar-refractivity contribution in [3.63, 3.8) is 0 Å². The van der Waals surface area contributed by atoms with Crippen molar-refractivity contribution in [3.8, 4) is 0 Å². The number of aliphatic hydroxyl groups is 8. The van der Waals surface area contributed by atoms with E-state index in [2.05, 4.69) is 21.3 Å². The van der Waals surface area contributed by atoms with Crippen LogP contribution in [0.25, 0.3) is 0 Å². The Hall–Kier alpha value is -0.680. The lowest BCUT2D eigenvalue weighted by atomic mass is 10.0. The van der Waals surface area contributed by atoms with E-state index in [0.717, 1.165) is 0 Å². The molecule has 0 aliphatic carbocycles. The van der Waals surface area contributed by atoms with Crippen LogP contribution in [0.5, 0.6) is 0 Å². The van der Waals surface area contributed by atoms with E-state index in [1.54, 1.807) is 45.2 Å². The highest BCUT2D eigenvalue weighted by atomic mass is 127. The molecule has 0 spiro atoms. The Morgan fingerprint density at radius 2 is 0.776 bits per heavy atom. The molecule has 320 valence electrons. The lowest BCUT2D eigenvalue weighted by molar-refractivity contribution is -0.126. The predicted octanol–water partition coefficient (Wildman–Crippen LogP) is -1.34. The van der Waals surface area contributed by atoms with E-state index < -0.39 is 86.3 Å². The van der Waals surface area contributed by atoms with Gasteiger partial charge in [-0.25, -0.2) is 0 Å². The number of halogens is 6. The molecule has 26 heteroatoms. The average Bonchev–Trinajstić information content (AvgIpc) is 3.20. The topological polar surface area (TPSA) is 319 Å². The summed E-state index contributed by atoms with van der Waals surface area (Å²) < 4.78 is 1.09. The minimum absolute atomic E-state index is 0.00260. The van der Waals surface area contributed by atoms with E-state index in [1.807, 2.05) is 90.4 Å². The predicted molar refractivity (Wildman–Crippen MR) is 255 cm³/mol. The van der Waals surface area contributed by atoms with Crippen LogP contribution in [-0.4, -0.2) is 176 Å². The molecule has 1 heterocycles. The third-order valence-corrected chi connectivity index (χ3v) is 14.7. The first-order valence-electron chi connectivity index (χ1n) is 16.6.